The summed E-state index contributed by atoms with van der Waals surface area (Å²) in [5.74, 6) is -0.122. The Hall–Kier alpha value is -2.48. The Kier molecular flexibility index (Phi) is 4.00. The van der Waals surface area contributed by atoms with Gasteiger partial charge in [-0.25, -0.2) is 0 Å². The van der Waals surface area contributed by atoms with Crippen molar-refractivity contribution in [1.29, 1.82) is 5.26 Å². The number of nitrogens with zero attached hydrogens (tertiary/aromatic N) is 3. The summed E-state index contributed by atoms with van der Waals surface area (Å²) in [6.07, 6.45) is 5.76. The number of pyridine rings is 1. The molecule has 5 nitrogen and oxygen atoms in total. The molecule has 1 aromatic heterocycles. The summed E-state index contributed by atoms with van der Waals surface area (Å²) >= 11 is 0. The average Bonchev–Trinajstić information content (AvgIpc) is 2.59. The lowest BCUT2D eigenvalue weighted by Gasteiger charge is -2.46. The Morgan fingerprint density at radius 2 is 2.00 bits per heavy atom. The largest absolute Gasteiger partial charge is 0.337 e. The molecule has 0 radical (unpaired) electrons. The molecule has 1 amide bonds. The van der Waals surface area contributed by atoms with E-state index in [2.05, 4.69) is 11.1 Å². The van der Waals surface area contributed by atoms with Crippen LogP contribution >= 0.6 is 0 Å². The first-order valence-corrected chi connectivity index (χ1v) is 8.25. The van der Waals surface area contributed by atoms with Gasteiger partial charge in [-0.05, 0) is 36.8 Å². The van der Waals surface area contributed by atoms with Gasteiger partial charge in [0.2, 0.25) is 0 Å². The van der Waals surface area contributed by atoms with Crippen LogP contribution < -0.4 is 0 Å². The van der Waals surface area contributed by atoms with Crippen molar-refractivity contribution in [3.05, 3.63) is 41.7 Å². The second kappa shape index (κ2) is 5.86. The summed E-state index contributed by atoms with van der Waals surface area (Å²) < 4.78 is 0. The van der Waals surface area contributed by atoms with Gasteiger partial charge in [0.25, 0.3) is 5.91 Å². The average molecular weight is 323 g/mol. The third kappa shape index (κ3) is 2.84. The molecule has 1 aliphatic carbocycles. The molecule has 124 valence electrons. The Balaban J connectivity index is 1.77. The highest BCUT2D eigenvalue weighted by Gasteiger charge is 2.46. The van der Waals surface area contributed by atoms with Crippen LogP contribution in [0.1, 0.15) is 43.6 Å². The van der Waals surface area contributed by atoms with Gasteiger partial charge in [0.1, 0.15) is 11.8 Å². The number of amides is 1. The molecule has 0 bridgehead atoms. The number of piperidine rings is 1. The van der Waals surface area contributed by atoms with Gasteiger partial charge in [-0.1, -0.05) is 26.0 Å². The van der Waals surface area contributed by atoms with Crippen molar-refractivity contribution in [2.45, 2.75) is 33.1 Å². The molecule has 1 fully saturated rings. The molecule has 1 aromatic rings. The van der Waals surface area contributed by atoms with Crippen molar-refractivity contribution in [1.82, 2.24) is 9.88 Å². The number of carbonyl (C=O) groups excluding carboxylic acids is 2. The maximum Gasteiger partial charge on any atom is 0.272 e. The summed E-state index contributed by atoms with van der Waals surface area (Å²) in [6.45, 7) is 5.06. The van der Waals surface area contributed by atoms with Gasteiger partial charge < -0.3 is 4.90 Å². The molecule has 1 aliphatic heterocycles. The minimum absolute atomic E-state index is 0.0546. The van der Waals surface area contributed by atoms with Crippen molar-refractivity contribution in [2.75, 3.05) is 13.1 Å². The molecule has 2 heterocycles. The third-order valence-corrected chi connectivity index (χ3v) is 5.15. The Labute approximate surface area is 142 Å². The molecule has 1 saturated heterocycles. The summed E-state index contributed by atoms with van der Waals surface area (Å²) in [4.78, 5) is 30.8. The first-order valence-electron chi connectivity index (χ1n) is 8.25. The highest BCUT2D eigenvalue weighted by molar-refractivity contribution is 6.03. The van der Waals surface area contributed by atoms with E-state index >= 15 is 0 Å². The van der Waals surface area contributed by atoms with Crippen molar-refractivity contribution in [2.24, 2.45) is 10.8 Å². The lowest BCUT2D eigenvalue weighted by molar-refractivity contribution is -0.125. The topological polar surface area (TPSA) is 74.1 Å². The van der Waals surface area contributed by atoms with E-state index in [0.29, 0.717) is 18.8 Å². The maximum atomic E-state index is 12.5. The van der Waals surface area contributed by atoms with E-state index in [1.54, 1.807) is 18.3 Å². The van der Waals surface area contributed by atoms with E-state index in [9.17, 15) is 14.9 Å². The standard InChI is InChI=1S/C19H21N3O2/c1-18(2)13-19(11-14(12-20)16(18)23)6-9-22(10-7-19)17(24)15-5-3-4-8-21-15/h3-5,8,11H,6-7,9-10,13H2,1-2H3. The summed E-state index contributed by atoms with van der Waals surface area (Å²) in [5, 5.41) is 9.28. The molecule has 0 saturated carbocycles. The summed E-state index contributed by atoms with van der Waals surface area (Å²) in [5.41, 5.74) is 0.0488. The summed E-state index contributed by atoms with van der Waals surface area (Å²) in [7, 11) is 0. The van der Waals surface area contributed by atoms with E-state index in [0.717, 1.165) is 19.3 Å². The SMILES string of the molecule is CC1(C)CC2(C=C(C#N)C1=O)CCN(C(=O)c1ccccn1)CC2. The molecule has 0 atom stereocenters. The number of hydrogen-bond donors (Lipinski definition) is 0. The maximum absolute atomic E-state index is 12.5. The van der Waals surface area contributed by atoms with E-state index < -0.39 is 5.41 Å². The summed E-state index contributed by atoms with van der Waals surface area (Å²) in [6, 6.07) is 7.38. The number of rotatable bonds is 1. The highest BCUT2D eigenvalue weighted by atomic mass is 16.2. The van der Waals surface area contributed by atoms with Crippen molar-refractivity contribution in [3.8, 4) is 6.07 Å². The van der Waals surface area contributed by atoms with Gasteiger partial charge in [0.15, 0.2) is 5.78 Å². The Morgan fingerprint density at radius 1 is 1.29 bits per heavy atom. The molecule has 0 aromatic carbocycles. The van der Waals surface area contributed by atoms with Crippen molar-refractivity contribution >= 4 is 11.7 Å². The predicted molar refractivity (Wildman–Crippen MR) is 88.9 cm³/mol. The molecule has 5 heteroatoms. The molecular formula is C19H21N3O2. The molecule has 0 unspecified atom stereocenters. The smallest absolute Gasteiger partial charge is 0.272 e. The van der Waals surface area contributed by atoms with Crippen LogP contribution in [0.3, 0.4) is 0 Å². The zero-order valence-corrected chi connectivity index (χ0v) is 14.1. The highest BCUT2D eigenvalue weighted by Crippen LogP contribution is 2.48. The zero-order chi connectivity index (χ0) is 17.4. The lowest BCUT2D eigenvalue weighted by atomic mass is 9.61. The van der Waals surface area contributed by atoms with Crippen LogP contribution in [-0.4, -0.2) is 34.7 Å². The van der Waals surface area contributed by atoms with E-state index in [-0.39, 0.29) is 22.7 Å². The van der Waals surface area contributed by atoms with Crippen LogP contribution in [0.2, 0.25) is 0 Å². The number of aromatic nitrogens is 1. The zero-order valence-electron chi connectivity index (χ0n) is 14.1. The molecule has 24 heavy (non-hydrogen) atoms. The van der Waals surface area contributed by atoms with Crippen LogP contribution in [0.4, 0.5) is 0 Å². The first kappa shape index (κ1) is 16.4. The fourth-order valence-corrected chi connectivity index (χ4v) is 3.96. The second-order valence-electron chi connectivity index (χ2n) is 7.43. The van der Waals surface area contributed by atoms with E-state index in [1.807, 2.05) is 30.9 Å². The number of Topliss-reactive ketones (excluding diaryl/α,β-unsaturated/α-hetero) is 1. The van der Waals surface area contributed by atoms with Crippen LogP contribution in [-0.2, 0) is 4.79 Å². The first-order chi connectivity index (χ1) is 11.4. The van der Waals surface area contributed by atoms with Crippen molar-refractivity contribution < 1.29 is 9.59 Å². The number of nitriles is 1. The number of ketones is 1. The van der Waals surface area contributed by atoms with E-state index in [4.69, 9.17) is 0 Å². The van der Waals surface area contributed by atoms with Gasteiger partial charge in [-0.2, -0.15) is 5.26 Å². The molecular weight excluding hydrogens is 302 g/mol. The fraction of sp³-hybridized carbons (Fsp3) is 0.474. The van der Waals surface area contributed by atoms with Gasteiger partial charge in [-0.3, -0.25) is 14.6 Å². The Bertz CT molecular complexity index is 736. The monoisotopic (exact) mass is 323 g/mol. The minimum Gasteiger partial charge on any atom is -0.337 e. The Morgan fingerprint density at radius 3 is 2.58 bits per heavy atom. The van der Waals surface area contributed by atoms with Gasteiger partial charge >= 0.3 is 0 Å². The van der Waals surface area contributed by atoms with Gasteiger partial charge in [-0.15, -0.1) is 0 Å². The quantitative estimate of drug-likeness (QED) is 0.796. The normalized spacial score (nSPS) is 22.0. The minimum atomic E-state index is -0.521. The predicted octanol–water partition coefficient (Wildman–Crippen LogP) is 2.75. The number of carbonyl (C=O) groups is 2. The number of hydrogen-bond acceptors (Lipinski definition) is 4. The van der Waals surface area contributed by atoms with E-state index in [1.165, 1.54) is 0 Å². The number of likely N-dealkylation sites (tertiary alicyclic amines) is 1. The van der Waals surface area contributed by atoms with Gasteiger partial charge in [0.05, 0.1) is 5.57 Å². The fourth-order valence-electron chi connectivity index (χ4n) is 3.96. The van der Waals surface area contributed by atoms with Crippen LogP contribution in [0.5, 0.6) is 0 Å². The van der Waals surface area contributed by atoms with Crippen molar-refractivity contribution in [3.63, 3.8) is 0 Å². The molecule has 0 N–H and O–H groups in total. The van der Waals surface area contributed by atoms with Crippen LogP contribution in [0.15, 0.2) is 36.0 Å². The molecule has 1 spiro atoms. The second-order valence-corrected chi connectivity index (χ2v) is 7.43. The molecule has 3 rings (SSSR count). The third-order valence-electron chi connectivity index (χ3n) is 5.15. The molecule has 2 aliphatic rings. The van der Waals surface area contributed by atoms with Gasteiger partial charge in [0, 0.05) is 24.7 Å². The van der Waals surface area contributed by atoms with Crippen LogP contribution in [0.25, 0.3) is 0 Å². The lowest BCUT2D eigenvalue weighted by Crippen LogP contribution is -2.47. The number of allylic oxidation sites excluding steroid dienone is 2. The van der Waals surface area contributed by atoms with Crippen LogP contribution in [0, 0.1) is 22.2 Å².